The van der Waals surface area contributed by atoms with Crippen LogP contribution < -0.4 is 0 Å². The highest BCUT2D eigenvalue weighted by Crippen LogP contribution is 2.37. The van der Waals surface area contributed by atoms with Gasteiger partial charge < -0.3 is 9.52 Å². The van der Waals surface area contributed by atoms with Crippen molar-refractivity contribution in [1.29, 1.82) is 0 Å². The van der Waals surface area contributed by atoms with Crippen LogP contribution in [0.2, 0.25) is 0 Å². The Hall–Kier alpha value is -2.04. The largest absolute Gasteiger partial charge is 0.475 e. The Morgan fingerprint density at radius 1 is 1.53 bits per heavy atom. The molecule has 2 aromatic rings. The van der Waals surface area contributed by atoms with Crippen molar-refractivity contribution in [2.45, 2.75) is 19.8 Å². The summed E-state index contributed by atoms with van der Waals surface area (Å²) in [4.78, 5) is 11.0. The van der Waals surface area contributed by atoms with Crippen LogP contribution in [0.4, 0.5) is 0 Å². The Kier molecular flexibility index (Phi) is 1.92. The Balaban J connectivity index is 2.27. The number of hydrogen-bond acceptors (Lipinski definition) is 3. The Morgan fingerprint density at radius 3 is 3.00 bits per heavy atom. The molecule has 5 nitrogen and oxygen atoms in total. The smallest absolute Gasteiger partial charge is 0.372 e. The zero-order valence-electron chi connectivity index (χ0n) is 9.65. The van der Waals surface area contributed by atoms with Crippen molar-refractivity contribution in [2.75, 3.05) is 0 Å². The minimum atomic E-state index is -1.02. The van der Waals surface area contributed by atoms with Crippen LogP contribution in [-0.4, -0.2) is 20.9 Å². The van der Waals surface area contributed by atoms with E-state index in [1.54, 1.807) is 11.6 Å². The quantitative estimate of drug-likeness (QED) is 0.813. The molecule has 1 aliphatic carbocycles. The molecule has 88 valence electrons. The van der Waals surface area contributed by atoms with Gasteiger partial charge in [0.25, 0.3) is 0 Å². The first-order chi connectivity index (χ1) is 8.08. The van der Waals surface area contributed by atoms with E-state index in [9.17, 15) is 4.79 Å². The van der Waals surface area contributed by atoms with E-state index in [1.165, 1.54) is 0 Å². The predicted molar refractivity (Wildman–Crippen MR) is 60.0 cm³/mol. The third kappa shape index (κ3) is 1.32. The highest BCUT2D eigenvalue weighted by molar-refractivity contribution is 5.90. The number of carboxylic acid groups (broad SMARTS) is 1. The van der Waals surface area contributed by atoms with Crippen LogP contribution in [0, 0.1) is 6.92 Å². The number of nitrogens with zero attached hydrogens (tertiary/aromatic N) is 2. The third-order valence-corrected chi connectivity index (χ3v) is 3.18. The second kappa shape index (κ2) is 3.23. The number of furan rings is 1. The molecule has 0 spiro atoms. The molecule has 0 atom stereocenters. The maximum absolute atomic E-state index is 11.0. The Labute approximate surface area is 97.7 Å². The molecule has 0 unspecified atom stereocenters. The first-order valence-electron chi connectivity index (χ1n) is 5.46. The lowest BCUT2D eigenvalue weighted by Crippen LogP contribution is -2.00. The van der Waals surface area contributed by atoms with Gasteiger partial charge in [0.1, 0.15) is 5.76 Å². The van der Waals surface area contributed by atoms with Gasteiger partial charge in [-0.25, -0.2) is 4.79 Å². The number of rotatable bonds is 1. The van der Waals surface area contributed by atoms with Crippen LogP contribution in [0.5, 0.6) is 0 Å². The van der Waals surface area contributed by atoms with E-state index >= 15 is 0 Å². The molecule has 0 bridgehead atoms. The molecule has 1 aliphatic rings. The van der Waals surface area contributed by atoms with E-state index in [0.29, 0.717) is 5.56 Å². The molecule has 5 heteroatoms. The van der Waals surface area contributed by atoms with Crippen LogP contribution in [0.3, 0.4) is 0 Å². The highest BCUT2D eigenvalue weighted by atomic mass is 16.4. The lowest BCUT2D eigenvalue weighted by molar-refractivity contribution is 0.0659. The molecule has 3 rings (SSSR count). The van der Waals surface area contributed by atoms with Gasteiger partial charge in [0.2, 0.25) is 5.76 Å². The lowest BCUT2D eigenvalue weighted by Gasteiger charge is -2.09. The maximum Gasteiger partial charge on any atom is 0.372 e. The number of fused-ring (bicyclic) bond motifs is 3. The Bertz CT molecular complexity index is 622. The van der Waals surface area contributed by atoms with Gasteiger partial charge >= 0.3 is 5.97 Å². The number of hydrogen-bond donors (Lipinski definition) is 1. The zero-order valence-corrected chi connectivity index (χ0v) is 9.65. The third-order valence-electron chi connectivity index (χ3n) is 3.18. The fourth-order valence-corrected chi connectivity index (χ4v) is 2.44. The summed E-state index contributed by atoms with van der Waals surface area (Å²) in [7, 11) is 1.87. The van der Waals surface area contributed by atoms with E-state index in [4.69, 9.17) is 9.52 Å². The van der Waals surface area contributed by atoms with Gasteiger partial charge in [0.05, 0.1) is 5.69 Å². The molecular weight excluding hydrogens is 220 g/mol. The Morgan fingerprint density at radius 2 is 2.29 bits per heavy atom. The molecule has 17 heavy (non-hydrogen) atoms. The van der Waals surface area contributed by atoms with Gasteiger partial charge in [-0.1, -0.05) is 0 Å². The topological polar surface area (TPSA) is 68.3 Å². The molecule has 0 fully saturated rings. The summed E-state index contributed by atoms with van der Waals surface area (Å²) in [6.45, 7) is 1.77. The minimum absolute atomic E-state index is 0.0357. The molecule has 1 N–H and O–H groups in total. The SMILES string of the molecule is Cc1c(C(=O)O)oc2c1-c1nn(C)cc1CC2. The van der Waals surface area contributed by atoms with E-state index in [-0.39, 0.29) is 5.76 Å². The molecule has 2 aromatic heterocycles. The molecule has 2 heterocycles. The van der Waals surface area contributed by atoms with Gasteiger partial charge in [-0.15, -0.1) is 0 Å². The molecule has 0 saturated heterocycles. The molecule has 0 amide bonds. The van der Waals surface area contributed by atoms with Gasteiger partial charge in [0.15, 0.2) is 0 Å². The van der Waals surface area contributed by atoms with Gasteiger partial charge in [-0.2, -0.15) is 5.10 Å². The first kappa shape index (κ1) is 10.1. The predicted octanol–water partition coefficient (Wildman–Crippen LogP) is 1.79. The van der Waals surface area contributed by atoms with Gasteiger partial charge in [-0.05, 0) is 18.9 Å². The zero-order chi connectivity index (χ0) is 12.2. The van der Waals surface area contributed by atoms with E-state index < -0.39 is 5.97 Å². The summed E-state index contributed by atoms with van der Waals surface area (Å²) < 4.78 is 7.17. The molecule has 0 saturated carbocycles. The monoisotopic (exact) mass is 232 g/mol. The molecule has 0 radical (unpaired) electrons. The average Bonchev–Trinajstić information content (AvgIpc) is 2.78. The van der Waals surface area contributed by atoms with Crippen LogP contribution >= 0.6 is 0 Å². The average molecular weight is 232 g/mol. The summed E-state index contributed by atoms with van der Waals surface area (Å²) in [5, 5.41) is 13.4. The summed E-state index contributed by atoms with van der Waals surface area (Å²) in [5.41, 5.74) is 3.56. The van der Waals surface area contributed by atoms with Crippen LogP contribution in [-0.2, 0) is 19.9 Å². The van der Waals surface area contributed by atoms with E-state index in [0.717, 1.165) is 35.4 Å². The fourth-order valence-electron chi connectivity index (χ4n) is 2.44. The van der Waals surface area contributed by atoms with Crippen molar-refractivity contribution < 1.29 is 14.3 Å². The summed E-state index contributed by atoms with van der Waals surface area (Å²) in [6, 6.07) is 0. The number of aryl methyl sites for hydroxylation is 3. The molecule has 0 aliphatic heterocycles. The van der Waals surface area contributed by atoms with Crippen LogP contribution in [0.25, 0.3) is 11.3 Å². The van der Waals surface area contributed by atoms with Crippen molar-refractivity contribution in [3.8, 4) is 11.3 Å². The van der Waals surface area contributed by atoms with Gasteiger partial charge in [-0.3, -0.25) is 4.68 Å². The number of carbonyl (C=O) groups is 1. The summed E-state index contributed by atoms with van der Waals surface area (Å²) >= 11 is 0. The second-order valence-corrected chi connectivity index (χ2v) is 4.34. The second-order valence-electron chi connectivity index (χ2n) is 4.34. The van der Waals surface area contributed by atoms with Crippen molar-refractivity contribution in [3.63, 3.8) is 0 Å². The minimum Gasteiger partial charge on any atom is -0.475 e. The van der Waals surface area contributed by atoms with Gasteiger partial charge in [0, 0.05) is 30.8 Å². The number of carboxylic acids is 1. The van der Waals surface area contributed by atoms with Crippen LogP contribution in [0.15, 0.2) is 10.6 Å². The number of aromatic carboxylic acids is 1. The summed E-state index contributed by atoms with van der Waals surface area (Å²) in [5.74, 6) is -0.242. The fraction of sp³-hybridized carbons (Fsp3) is 0.333. The van der Waals surface area contributed by atoms with Crippen molar-refractivity contribution in [2.24, 2.45) is 7.05 Å². The lowest BCUT2D eigenvalue weighted by atomic mass is 9.94. The summed E-state index contributed by atoms with van der Waals surface area (Å²) in [6.07, 6.45) is 3.56. The van der Waals surface area contributed by atoms with Crippen molar-refractivity contribution >= 4 is 5.97 Å². The van der Waals surface area contributed by atoms with Crippen LogP contribution in [0.1, 0.15) is 27.4 Å². The number of aromatic nitrogens is 2. The first-order valence-corrected chi connectivity index (χ1v) is 5.46. The standard InChI is InChI=1S/C12H12N2O3/c1-6-9-8(17-11(6)12(15)16)4-3-7-5-14(2)13-10(7)9/h5H,3-4H2,1-2H3,(H,15,16). The van der Waals surface area contributed by atoms with Crippen molar-refractivity contribution in [3.05, 3.63) is 28.8 Å². The normalized spacial score (nSPS) is 13.3. The molecule has 0 aromatic carbocycles. The highest BCUT2D eigenvalue weighted by Gasteiger charge is 2.29. The molecular formula is C12H12N2O3. The van der Waals surface area contributed by atoms with E-state index in [2.05, 4.69) is 5.10 Å². The maximum atomic E-state index is 11.0. The van der Waals surface area contributed by atoms with Crippen molar-refractivity contribution in [1.82, 2.24) is 9.78 Å². The van der Waals surface area contributed by atoms with E-state index in [1.807, 2.05) is 13.2 Å².